The Bertz CT molecular complexity index is 1250. The summed E-state index contributed by atoms with van der Waals surface area (Å²) in [6, 6.07) is 15.6. The molecular formula is C45H68O6. The molecule has 2 aromatic carbocycles. The Morgan fingerprint density at radius 1 is 0.627 bits per heavy atom. The van der Waals surface area contributed by atoms with E-state index in [4.69, 9.17) is 23.7 Å². The lowest BCUT2D eigenvalue weighted by molar-refractivity contribution is -0.257. The molecule has 5 rings (SSSR count). The van der Waals surface area contributed by atoms with Gasteiger partial charge in [-0.3, -0.25) is 0 Å². The molecule has 0 amide bonds. The second-order valence-electron chi connectivity index (χ2n) is 15.9. The maximum Gasteiger partial charge on any atom is 0.343 e. The maximum atomic E-state index is 13.0. The average molecular weight is 705 g/mol. The highest BCUT2D eigenvalue weighted by Gasteiger charge is 2.36. The van der Waals surface area contributed by atoms with Crippen LogP contribution < -0.4 is 4.74 Å². The van der Waals surface area contributed by atoms with Gasteiger partial charge in [0.1, 0.15) is 5.75 Å². The molecular weight excluding hydrogens is 636 g/mol. The van der Waals surface area contributed by atoms with Gasteiger partial charge in [-0.2, -0.15) is 0 Å². The van der Waals surface area contributed by atoms with Crippen LogP contribution in [0.5, 0.6) is 5.75 Å². The molecule has 51 heavy (non-hydrogen) atoms. The van der Waals surface area contributed by atoms with Crippen molar-refractivity contribution < 1.29 is 28.5 Å². The van der Waals surface area contributed by atoms with E-state index in [0.29, 0.717) is 41.6 Å². The number of ether oxygens (including phenoxy) is 5. The molecule has 3 aliphatic rings. The van der Waals surface area contributed by atoms with Gasteiger partial charge in [0.15, 0.2) is 12.6 Å². The molecule has 6 atom stereocenters. The van der Waals surface area contributed by atoms with E-state index in [1.54, 1.807) is 12.1 Å². The molecule has 2 saturated heterocycles. The third-order valence-corrected chi connectivity index (χ3v) is 11.9. The standard InChI is InChI=1S/C45H68O6/c1-5-7-9-11-13-15-17-40-31-47-44(49-33(40)3)38-23-19-35(20-24-38)36-27-29-42(30-28-36)51-43(46)37-21-25-39(26-22-37)45-48-32-41(34(4)50-45)18-16-14-12-10-8-6-2/h21-22,25-30,33-35,38,40-41,44-45H,5-20,23-24,31-32H2,1-4H3/t33-,34?,35?,38?,40+,41+,44+,45+/m0/s1. The zero-order chi connectivity index (χ0) is 35.8. The molecule has 1 saturated carbocycles. The highest BCUT2D eigenvalue weighted by molar-refractivity contribution is 5.91. The minimum atomic E-state index is -0.396. The highest BCUT2D eigenvalue weighted by Crippen LogP contribution is 2.40. The lowest BCUT2D eigenvalue weighted by atomic mass is 9.78. The second kappa shape index (κ2) is 21.5. The van der Waals surface area contributed by atoms with Gasteiger partial charge in [0, 0.05) is 23.3 Å². The molecule has 1 aliphatic carbocycles. The van der Waals surface area contributed by atoms with Crippen LogP contribution in [-0.4, -0.2) is 37.7 Å². The molecule has 6 heteroatoms. The van der Waals surface area contributed by atoms with Crippen LogP contribution in [0.15, 0.2) is 48.5 Å². The first-order valence-electron chi connectivity index (χ1n) is 20.9. The summed E-state index contributed by atoms with van der Waals surface area (Å²) in [5.74, 6) is 2.15. The maximum absolute atomic E-state index is 13.0. The molecule has 0 radical (unpaired) electrons. The van der Waals surface area contributed by atoms with Gasteiger partial charge in [0.2, 0.25) is 0 Å². The minimum Gasteiger partial charge on any atom is -0.423 e. The van der Waals surface area contributed by atoms with Crippen LogP contribution in [0.25, 0.3) is 0 Å². The Kier molecular flexibility index (Phi) is 16.8. The predicted octanol–water partition coefficient (Wildman–Crippen LogP) is 12.1. The summed E-state index contributed by atoms with van der Waals surface area (Å²) in [5, 5.41) is 0. The van der Waals surface area contributed by atoms with Crippen LogP contribution in [0.2, 0.25) is 0 Å². The van der Waals surface area contributed by atoms with Crippen LogP contribution >= 0.6 is 0 Å². The summed E-state index contributed by atoms with van der Waals surface area (Å²) >= 11 is 0. The molecule has 0 aromatic heterocycles. The van der Waals surface area contributed by atoms with Gasteiger partial charge < -0.3 is 23.7 Å². The Labute approximate surface area is 309 Å². The summed E-state index contributed by atoms with van der Waals surface area (Å²) in [5.41, 5.74) is 2.76. The zero-order valence-electron chi connectivity index (χ0n) is 32.3. The monoisotopic (exact) mass is 705 g/mol. The van der Waals surface area contributed by atoms with Gasteiger partial charge in [-0.05, 0) is 88.1 Å². The van der Waals surface area contributed by atoms with Crippen molar-refractivity contribution in [2.75, 3.05) is 13.2 Å². The summed E-state index contributed by atoms with van der Waals surface area (Å²) in [4.78, 5) is 13.0. The fourth-order valence-electron chi connectivity index (χ4n) is 8.31. The molecule has 3 fully saturated rings. The van der Waals surface area contributed by atoms with E-state index in [-0.39, 0.29) is 24.5 Å². The Morgan fingerprint density at radius 3 is 1.73 bits per heavy atom. The van der Waals surface area contributed by atoms with Gasteiger partial charge in [0.25, 0.3) is 0 Å². The normalized spacial score (nSPS) is 28.4. The molecule has 1 unspecified atom stereocenters. The Balaban J connectivity index is 0.994. The van der Waals surface area contributed by atoms with E-state index < -0.39 is 6.29 Å². The average Bonchev–Trinajstić information content (AvgIpc) is 3.16. The van der Waals surface area contributed by atoms with Crippen LogP contribution in [-0.2, 0) is 18.9 Å². The molecule has 0 bridgehead atoms. The fourth-order valence-corrected chi connectivity index (χ4v) is 8.31. The van der Waals surface area contributed by atoms with Gasteiger partial charge in [0.05, 0.1) is 31.0 Å². The summed E-state index contributed by atoms with van der Waals surface area (Å²) in [6.07, 6.45) is 22.7. The smallest absolute Gasteiger partial charge is 0.343 e. The van der Waals surface area contributed by atoms with Crippen molar-refractivity contribution in [2.24, 2.45) is 17.8 Å². The van der Waals surface area contributed by atoms with Crippen molar-refractivity contribution in [3.05, 3.63) is 65.2 Å². The highest BCUT2D eigenvalue weighted by atomic mass is 16.7. The van der Waals surface area contributed by atoms with Crippen LogP contribution in [0.1, 0.15) is 177 Å². The second-order valence-corrected chi connectivity index (χ2v) is 15.9. The number of hydrogen-bond donors (Lipinski definition) is 0. The summed E-state index contributed by atoms with van der Waals surface area (Å²) < 4.78 is 30.9. The number of unbranched alkanes of at least 4 members (excludes halogenated alkanes) is 10. The Morgan fingerprint density at radius 2 is 1.16 bits per heavy atom. The van der Waals surface area contributed by atoms with Crippen molar-refractivity contribution in [1.29, 1.82) is 0 Å². The molecule has 0 spiro atoms. The Hall–Kier alpha value is -2.25. The van der Waals surface area contributed by atoms with Gasteiger partial charge in [-0.1, -0.05) is 115 Å². The topological polar surface area (TPSA) is 63.2 Å². The fraction of sp³-hybridized carbons (Fsp3) is 0.711. The number of carbonyl (C=O) groups is 1. The van der Waals surface area contributed by atoms with Crippen molar-refractivity contribution in [3.63, 3.8) is 0 Å². The predicted molar refractivity (Wildman–Crippen MR) is 205 cm³/mol. The molecule has 0 N–H and O–H groups in total. The van der Waals surface area contributed by atoms with E-state index in [9.17, 15) is 4.79 Å². The van der Waals surface area contributed by atoms with E-state index in [2.05, 4.69) is 39.8 Å². The number of hydrogen-bond acceptors (Lipinski definition) is 6. The van der Waals surface area contributed by atoms with Crippen LogP contribution in [0, 0.1) is 17.8 Å². The van der Waals surface area contributed by atoms with E-state index >= 15 is 0 Å². The van der Waals surface area contributed by atoms with E-state index in [1.807, 2.05) is 24.3 Å². The van der Waals surface area contributed by atoms with E-state index in [1.165, 1.54) is 89.0 Å². The van der Waals surface area contributed by atoms with Gasteiger partial charge in [-0.25, -0.2) is 4.79 Å². The quantitative estimate of drug-likeness (QED) is 0.0824. The number of rotatable bonds is 19. The zero-order valence-corrected chi connectivity index (χ0v) is 32.3. The SMILES string of the molecule is CCCCCCCC[C@@H]1CO[C@@H](c2ccc(C(=O)Oc3ccc(C4CCC([C@@H]5OC[C@@H](CCCCCCCC)[C@H](C)O5)CC4)cc3)cc2)OC1C. The third kappa shape index (κ3) is 12.4. The number of carbonyl (C=O) groups excluding carboxylic acids is 1. The van der Waals surface area contributed by atoms with Gasteiger partial charge in [-0.15, -0.1) is 0 Å². The largest absolute Gasteiger partial charge is 0.423 e. The van der Waals surface area contributed by atoms with E-state index in [0.717, 1.165) is 44.3 Å². The number of esters is 1. The van der Waals surface area contributed by atoms with Crippen molar-refractivity contribution in [1.82, 2.24) is 0 Å². The lowest BCUT2D eigenvalue weighted by Gasteiger charge is -2.40. The summed E-state index contributed by atoms with van der Waals surface area (Å²) in [7, 11) is 0. The van der Waals surface area contributed by atoms with Crippen molar-refractivity contribution >= 4 is 5.97 Å². The van der Waals surface area contributed by atoms with Crippen molar-refractivity contribution in [3.8, 4) is 5.75 Å². The molecule has 6 nitrogen and oxygen atoms in total. The van der Waals surface area contributed by atoms with Crippen LogP contribution in [0.4, 0.5) is 0 Å². The first-order chi connectivity index (χ1) is 24.9. The molecule has 284 valence electrons. The first-order valence-corrected chi connectivity index (χ1v) is 20.9. The number of benzene rings is 2. The third-order valence-electron chi connectivity index (χ3n) is 11.9. The minimum absolute atomic E-state index is 0.0593. The molecule has 2 aliphatic heterocycles. The van der Waals surface area contributed by atoms with Crippen molar-refractivity contribution in [2.45, 2.75) is 174 Å². The summed E-state index contributed by atoms with van der Waals surface area (Å²) in [6.45, 7) is 10.5. The molecule has 2 aromatic rings. The lowest BCUT2D eigenvalue weighted by Crippen LogP contribution is -2.42. The first kappa shape index (κ1) is 39.9. The molecule has 2 heterocycles. The van der Waals surface area contributed by atoms with Gasteiger partial charge >= 0.3 is 5.97 Å². The van der Waals surface area contributed by atoms with Crippen LogP contribution in [0.3, 0.4) is 0 Å².